The minimum Gasteiger partial charge on any atom is -0.497 e. The molecule has 3 aromatic rings. The number of benzene rings is 1. The summed E-state index contributed by atoms with van der Waals surface area (Å²) in [6, 6.07) is 16.0. The number of rotatable bonds is 5. The standard InChI is InChI=1S/C21H23N3O2/c1-26-19-8-4-6-16(13-19)12-18-7-5-10-23(18)15-17-14-21(25)24-11-3-2-9-20(24)22-17/h2-4,6,8-9,11,13-14,18H,5,7,10,12,15H2,1H3/t18-/m1/s1. The summed E-state index contributed by atoms with van der Waals surface area (Å²) >= 11 is 0. The summed E-state index contributed by atoms with van der Waals surface area (Å²) in [7, 11) is 1.70. The third-order valence-electron chi connectivity index (χ3n) is 5.09. The van der Waals surface area contributed by atoms with Crippen molar-refractivity contribution in [1.82, 2.24) is 14.3 Å². The molecule has 2 aromatic heterocycles. The first kappa shape index (κ1) is 16.8. The number of fused-ring (bicyclic) bond motifs is 1. The zero-order valence-electron chi connectivity index (χ0n) is 15.0. The van der Waals surface area contributed by atoms with Crippen molar-refractivity contribution in [3.05, 3.63) is 76.3 Å². The average molecular weight is 349 g/mol. The average Bonchev–Trinajstić information content (AvgIpc) is 3.08. The van der Waals surface area contributed by atoms with E-state index < -0.39 is 0 Å². The summed E-state index contributed by atoms with van der Waals surface area (Å²) in [5, 5.41) is 0. The summed E-state index contributed by atoms with van der Waals surface area (Å²) < 4.78 is 6.92. The van der Waals surface area contributed by atoms with Gasteiger partial charge in [0, 0.05) is 24.8 Å². The van der Waals surface area contributed by atoms with E-state index in [1.54, 1.807) is 23.8 Å². The van der Waals surface area contributed by atoms with Crippen LogP contribution in [0.5, 0.6) is 5.75 Å². The van der Waals surface area contributed by atoms with Gasteiger partial charge in [0.2, 0.25) is 0 Å². The van der Waals surface area contributed by atoms with Crippen LogP contribution in [-0.2, 0) is 13.0 Å². The first-order valence-electron chi connectivity index (χ1n) is 9.07. The van der Waals surface area contributed by atoms with Crippen molar-refractivity contribution in [3.8, 4) is 5.75 Å². The van der Waals surface area contributed by atoms with E-state index in [0.29, 0.717) is 11.7 Å². The summed E-state index contributed by atoms with van der Waals surface area (Å²) in [5.41, 5.74) is 2.82. The number of likely N-dealkylation sites (tertiary alicyclic amines) is 1. The highest BCUT2D eigenvalue weighted by Gasteiger charge is 2.25. The van der Waals surface area contributed by atoms with E-state index in [0.717, 1.165) is 31.0 Å². The third-order valence-corrected chi connectivity index (χ3v) is 5.09. The van der Waals surface area contributed by atoms with Gasteiger partial charge in [-0.1, -0.05) is 18.2 Å². The molecule has 1 fully saturated rings. The van der Waals surface area contributed by atoms with Crippen LogP contribution in [0.3, 0.4) is 0 Å². The molecular weight excluding hydrogens is 326 g/mol. The minimum absolute atomic E-state index is 0.0193. The summed E-state index contributed by atoms with van der Waals surface area (Å²) in [5.74, 6) is 0.899. The summed E-state index contributed by atoms with van der Waals surface area (Å²) in [4.78, 5) is 19.4. The number of hydrogen-bond acceptors (Lipinski definition) is 4. The zero-order valence-corrected chi connectivity index (χ0v) is 15.0. The van der Waals surface area contributed by atoms with E-state index in [1.807, 2.05) is 30.3 Å². The lowest BCUT2D eigenvalue weighted by Crippen LogP contribution is -2.31. The lowest BCUT2D eigenvalue weighted by Gasteiger charge is -2.24. The molecule has 1 aliphatic rings. The van der Waals surface area contributed by atoms with Gasteiger partial charge in [-0.05, 0) is 55.6 Å². The normalized spacial score (nSPS) is 17.7. The predicted octanol–water partition coefficient (Wildman–Crippen LogP) is 2.91. The number of aromatic nitrogens is 2. The molecule has 1 saturated heterocycles. The highest BCUT2D eigenvalue weighted by Crippen LogP contribution is 2.24. The fraction of sp³-hybridized carbons (Fsp3) is 0.333. The molecule has 1 aliphatic heterocycles. The van der Waals surface area contributed by atoms with Crippen molar-refractivity contribution in [1.29, 1.82) is 0 Å². The molecule has 0 saturated carbocycles. The Hall–Kier alpha value is -2.66. The van der Waals surface area contributed by atoms with E-state index in [2.05, 4.69) is 22.0 Å². The van der Waals surface area contributed by atoms with Crippen LogP contribution in [0.1, 0.15) is 24.1 Å². The molecular formula is C21H23N3O2. The molecule has 5 nitrogen and oxygen atoms in total. The van der Waals surface area contributed by atoms with Gasteiger partial charge >= 0.3 is 0 Å². The monoisotopic (exact) mass is 349 g/mol. The van der Waals surface area contributed by atoms with Crippen molar-refractivity contribution >= 4 is 5.65 Å². The Balaban J connectivity index is 1.53. The number of nitrogens with zero attached hydrogens (tertiary/aromatic N) is 3. The van der Waals surface area contributed by atoms with Crippen LogP contribution < -0.4 is 10.3 Å². The SMILES string of the molecule is COc1cccc(C[C@H]2CCCN2Cc2cc(=O)n3ccccc3n2)c1. The highest BCUT2D eigenvalue weighted by atomic mass is 16.5. The maximum absolute atomic E-state index is 12.3. The first-order valence-corrected chi connectivity index (χ1v) is 9.07. The molecule has 0 spiro atoms. The largest absolute Gasteiger partial charge is 0.497 e. The molecule has 0 amide bonds. The molecule has 134 valence electrons. The topological polar surface area (TPSA) is 46.8 Å². The van der Waals surface area contributed by atoms with E-state index in [-0.39, 0.29) is 5.56 Å². The van der Waals surface area contributed by atoms with Crippen LogP contribution >= 0.6 is 0 Å². The summed E-state index contributed by atoms with van der Waals surface area (Å²) in [6.45, 7) is 1.76. The first-order chi connectivity index (χ1) is 12.7. The molecule has 0 unspecified atom stereocenters. The lowest BCUT2D eigenvalue weighted by atomic mass is 10.0. The molecule has 5 heteroatoms. The van der Waals surface area contributed by atoms with Gasteiger partial charge < -0.3 is 4.74 Å². The maximum atomic E-state index is 12.3. The van der Waals surface area contributed by atoms with Crippen LogP contribution in [0.15, 0.2) is 59.5 Å². The zero-order chi connectivity index (χ0) is 17.9. The Morgan fingerprint density at radius 3 is 3.00 bits per heavy atom. The van der Waals surface area contributed by atoms with Gasteiger partial charge in [0.1, 0.15) is 11.4 Å². The number of ether oxygens (including phenoxy) is 1. The van der Waals surface area contributed by atoms with Crippen molar-refractivity contribution in [2.45, 2.75) is 31.8 Å². The molecule has 0 radical (unpaired) electrons. The third kappa shape index (κ3) is 3.48. The summed E-state index contributed by atoms with van der Waals surface area (Å²) in [6.07, 6.45) is 5.10. The van der Waals surface area contributed by atoms with Gasteiger partial charge in [-0.3, -0.25) is 14.1 Å². The van der Waals surface area contributed by atoms with Crippen molar-refractivity contribution in [2.75, 3.05) is 13.7 Å². The fourth-order valence-electron chi connectivity index (χ4n) is 3.80. The fourth-order valence-corrected chi connectivity index (χ4v) is 3.80. The number of pyridine rings is 1. The van der Waals surface area contributed by atoms with E-state index in [9.17, 15) is 4.79 Å². The minimum atomic E-state index is -0.0193. The second kappa shape index (κ2) is 7.30. The van der Waals surface area contributed by atoms with Crippen LogP contribution in [0.25, 0.3) is 5.65 Å². The molecule has 1 aromatic carbocycles. The molecule has 0 bridgehead atoms. The predicted molar refractivity (Wildman–Crippen MR) is 102 cm³/mol. The molecule has 4 rings (SSSR count). The Bertz CT molecular complexity index is 967. The maximum Gasteiger partial charge on any atom is 0.258 e. The Morgan fingerprint density at radius 1 is 1.19 bits per heavy atom. The highest BCUT2D eigenvalue weighted by molar-refractivity contribution is 5.38. The molecule has 0 aliphatic carbocycles. The molecule has 1 atom stereocenters. The quantitative estimate of drug-likeness (QED) is 0.711. The smallest absolute Gasteiger partial charge is 0.258 e. The van der Waals surface area contributed by atoms with E-state index >= 15 is 0 Å². The van der Waals surface area contributed by atoms with Gasteiger partial charge in [-0.25, -0.2) is 4.98 Å². The van der Waals surface area contributed by atoms with E-state index in [4.69, 9.17) is 4.74 Å². The van der Waals surface area contributed by atoms with Gasteiger partial charge in [-0.15, -0.1) is 0 Å². The lowest BCUT2D eigenvalue weighted by molar-refractivity contribution is 0.241. The van der Waals surface area contributed by atoms with Gasteiger partial charge in [0.05, 0.1) is 12.8 Å². The molecule has 0 N–H and O–H groups in total. The van der Waals surface area contributed by atoms with Crippen LogP contribution in [0.4, 0.5) is 0 Å². The van der Waals surface area contributed by atoms with Crippen LogP contribution in [-0.4, -0.2) is 34.0 Å². The Labute approximate surface area is 152 Å². The Morgan fingerprint density at radius 2 is 2.12 bits per heavy atom. The second-order valence-corrected chi connectivity index (χ2v) is 6.84. The van der Waals surface area contributed by atoms with E-state index in [1.165, 1.54) is 18.4 Å². The van der Waals surface area contributed by atoms with Crippen molar-refractivity contribution in [3.63, 3.8) is 0 Å². The number of hydrogen-bond donors (Lipinski definition) is 0. The molecule has 26 heavy (non-hydrogen) atoms. The van der Waals surface area contributed by atoms with Gasteiger partial charge in [0.15, 0.2) is 0 Å². The van der Waals surface area contributed by atoms with Crippen molar-refractivity contribution in [2.24, 2.45) is 0 Å². The van der Waals surface area contributed by atoms with Crippen molar-refractivity contribution < 1.29 is 4.74 Å². The Kier molecular flexibility index (Phi) is 4.71. The van der Waals surface area contributed by atoms with Gasteiger partial charge in [-0.2, -0.15) is 0 Å². The van der Waals surface area contributed by atoms with Crippen LogP contribution in [0, 0.1) is 0 Å². The second-order valence-electron chi connectivity index (χ2n) is 6.84. The molecule has 3 heterocycles. The van der Waals surface area contributed by atoms with Gasteiger partial charge in [0.25, 0.3) is 5.56 Å². The van der Waals surface area contributed by atoms with Crippen LogP contribution in [0.2, 0.25) is 0 Å². The number of methoxy groups -OCH3 is 1.